The maximum absolute atomic E-state index is 13.2. The number of sulfonamides is 1. The van der Waals surface area contributed by atoms with Crippen molar-refractivity contribution >= 4 is 44.9 Å². The van der Waals surface area contributed by atoms with E-state index in [0.29, 0.717) is 30.6 Å². The summed E-state index contributed by atoms with van der Waals surface area (Å²) < 4.78 is 27.6. The van der Waals surface area contributed by atoms with Gasteiger partial charge in [-0.1, -0.05) is 41.4 Å². The van der Waals surface area contributed by atoms with Crippen molar-refractivity contribution in [3.63, 3.8) is 0 Å². The Balaban J connectivity index is 2.06. The minimum atomic E-state index is -3.82. The Hall–Kier alpha value is -1.80. The normalized spacial score (nSPS) is 17.5. The fourth-order valence-corrected chi connectivity index (χ4v) is 5.19. The number of para-hydroxylation sites is 1. The van der Waals surface area contributed by atoms with E-state index in [1.54, 1.807) is 18.2 Å². The van der Waals surface area contributed by atoms with Crippen molar-refractivity contribution in [2.45, 2.75) is 30.2 Å². The lowest BCUT2D eigenvalue weighted by Crippen LogP contribution is -2.26. The molecule has 2 N–H and O–H groups in total. The van der Waals surface area contributed by atoms with Crippen LogP contribution in [0.1, 0.15) is 36.4 Å². The van der Waals surface area contributed by atoms with E-state index < -0.39 is 22.0 Å². The van der Waals surface area contributed by atoms with E-state index in [4.69, 9.17) is 28.3 Å². The van der Waals surface area contributed by atoms with Gasteiger partial charge >= 0.3 is 5.97 Å². The van der Waals surface area contributed by atoms with Gasteiger partial charge in [0.2, 0.25) is 0 Å². The quantitative estimate of drug-likeness (QED) is 0.658. The van der Waals surface area contributed by atoms with Gasteiger partial charge in [-0.15, -0.1) is 0 Å². The number of halogens is 2. The molecule has 3 rings (SSSR count). The van der Waals surface area contributed by atoms with Gasteiger partial charge in [-0.25, -0.2) is 8.42 Å². The average Bonchev–Trinajstić information content (AvgIpc) is 2.71. The summed E-state index contributed by atoms with van der Waals surface area (Å²) in [5, 5.41) is 12.6. The molecule has 0 spiro atoms. The predicted octanol–water partition coefficient (Wildman–Crippen LogP) is 4.07. The predicted molar refractivity (Wildman–Crippen MR) is 110 cm³/mol. The van der Waals surface area contributed by atoms with Gasteiger partial charge in [-0.2, -0.15) is 0 Å². The number of hydrogen-bond donors (Lipinski definition) is 2. The van der Waals surface area contributed by atoms with Crippen LogP contribution in [0, 0.1) is 0 Å². The number of aliphatic carboxylic acids is 1. The molecule has 6 nitrogen and oxygen atoms in total. The summed E-state index contributed by atoms with van der Waals surface area (Å²) in [7, 11) is -2.31. The molecule has 0 saturated heterocycles. The Bertz CT molecular complexity index is 1010. The van der Waals surface area contributed by atoms with Crippen LogP contribution in [0.3, 0.4) is 0 Å². The lowest BCUT2D eigenvalue weighted by atomic mass is 9.96. The maximum Gasteiger partial charge on any atom is 0.303 e. The minimum absolute atomic E-state index is 0.0953. The Morgan fingerprint density at radius 1 is 1.14 bits per heavy atom. The monoisotopic (exact) mass is 442 g/mol. The van der Waals surface area contributed by atoms with E-state index in [9.17, 15) is 13.2 Å². The van der Waals surface area contributed by atoms with Crippen LogP contribution in [-0.2, 0) is 14.8 Å². The van der Waals surface area contributed by atoms with Crippen molar-refractivity contribution in [3.8, 4) is 0 Å². The smallest absolute Gasteiger partial charge is 0.303 e. The lowest BCUT2D eigenvalue weighted by Gasteiger charge is -2.22. The molecule has 2 aromatic carbocycles. The molecule has 9 heteroatoms. The van der Waals surface area contributed by atoms with Crippen LogP contribution in [0.15, 0.2) is 41.3 Å². The third-order valence-electron chi connectivity index (χ3n) is 4.76. The molecule has 1 heterocycles. The van der Waals surface area contributed by atoms with Gasteiger partial charge in [0.05, 0.1) is 26.7 Å². The molecule has 1 aliphatic rings. The number of nitrogens with zero attached hydrogens (tertiary/aromatic N) is 1. The molecule has 1 unspecified atom stereocenters. The number of fused-ring (bicyclic) bond motifs is 2. The van der Waals surface area contributed by atoms with Crippen molar-refractivity contribution in [2.24, 2.45) is 0 Å². The standard InChI is InChI=1S/C19H20Cl2N2O4S/c1-23-16-7-3-2-6-12(16)19(22-9-5-4-8-18(24)25)13-10-14(20)15(21)11-17(13)28(23,26)27/h2-3,6-7,10-11,19,22H,4-5,8-9H2,1H3,(H,24,25). The molecule has 2 aromatic rings. The van der Waals surface area contributed by atoms with Crippen molar-refractivity contribution in [3.05, 3.63) is 57.6 Å². The average molecular weight is 443 g/mol. The Labute approximate surface area is 174 Å². The Kier molecular flexibility index (Phi) is 6.19. The number of rotatable bonds is 6. The van der Waals surface area contributed by atoms with Crippen LogP contribution in [-0.4, -0.2) is 33.1 Å². The summed E-state index contributed by atoms with van der Waals surface area (Å²) in [6, 6.07) is 9.80. The summed E-state index contributed by atoms with van der Waals surface area (Å²) in [5.74, 6) is -0.834. The highest BCUT2D eigenvalue weighted by atomic mass is 35.5. The molecule has 0 fully saturated rings. The fourth-order valence-electron chi connectivity index (χ4n) is 3.32. The number of anilines is 1. The molecule has 1 atom stereocenters. The van der Waals surface area contributed by atoms with E-state index >= 15 is 0 Å². The van der Waals surface area contributed by atoms with Gasteiger partial charge < -0.3 is 10.4 Å². The highest BCUT2D eigenvalue weighted by molar-refractivity contribution is 7.92. The summed E-state index contributed by atoms with van der Waals surface area (Å²) in [5.41, 5.74) is 1.88. The van der Waals surface area contributed by atoms with Crippen molar-refractivity contribution < 1.29 is 18.3 Å². The zero-order valence-electron chi connectivity index (χ0n) is 15.2. The van der Waals surface area contributed by atoms with Gasteiger partial charge in [0.1, 0.15) is 0 Å². The summed E-state index contributed by atoms with van der Waals surface area (Å²) in [4.78, 5) is 10.8. The van der Waals surface area contributed by atoms with Crippen molar-refractivity contribution in [2.75, 3.05) is 17.9 Å². The number of benzene rings is 2. The zero-order chi connectivity index (χ0) is 20.5. The second-order valence-electron chi connectivity index (χ2n) is 6.57. The van der Waals surface area contributed by atoms with E-state index in [0.717, 1.165) is 5.56 Å². The molecule has 1 aliphatic heterocycles. The summed E-state index contributed by atoms with van der Waals surface area (Å²) in [6.07, 6.45) is 1.27. The first-order chi connectivity index (χ1) is 13.2. The van der Waals surface area contributed by atoms with Gasteiger partial charge in [0.15, 0.2) is 0 Å². The molecule has 0 aromatic heterocycles. The Morgan fingerprint density at radius 3 is 2.54 bits per heavy atom. The van der Waals surface area contributed by atoms with Crippen LogP contribution in [0.25, 0.3) is 0 Å². The second kappa shape index (κ2) is 8.29. The van der Waals surface area contributed by atoms with E-state index in [2.05, 4.69) is 5.32 Å². The molecule has 150 valence electrons. The first-order valence-corrected chi connectivity index (χ1v) is 10.9. The minimum Gasteiger partial charge on any atom is -0.481 e. The van der Waals surface area contributed by atoms with Gasteiger partial charge in [0.25, 0.3) is 10.0 Å². The van der Waals surface area contributed by atoms with Crippen LogP contribution < -0.4 is 9.62 Å². The van der Waals surface area contributed by atoms with Gasteiger partial charge in [0, 0.05) is 13.5 Å². The Morgan fingerprint density at radius 2 is 1.82 bits per heavy atom. The van der Waals surface area contributed by atoms with Gasteiger partial charge in [-0.05, 0) is 48.7 Å². The molecular formula is C19H20Cl2N2O4S. The first-order valence-electron chi connectivity index (χ1n) is 8.75. The van der Waals surface area contributed by atoms with E-state index in [1.807, 2.05) is 12.1 Å². The van der Waals surface area contributed by atoms with Crippen LogP contribution in [0.4, 0.5) is 5.69 Å². The molecule has 0 aliphatic carbocycles. The molecule has 28 heavy (non-hydrogen) atoms. The summed E-state index contributed by atoms with van der Waals surface area (Å²) >= 11 is 12.3. The lowest BCUT2D eigenvalue weighted by molar-refractivity contribution is -0.137. The number of hydrogen-bond acceptors (Lipinski definition) is 4. The number of carbonyl (C=O) groups is 1. The number of unbranched alkanes of at least 4 members (excludes halogenated alkanes) is 1. The number of carboxylic acid groups (broad SMARTS) is 1. The molecule has 0 bridgehead atoms. The fraction of sp³-hybridized carbons (Fsp3) is 0.316. The van der Waals surface area contributed by atoms with Crippen LogP contribution in [0.5, 0.6) is 0 Å². The molecular weight excluding hydrogens is 423 g/mol. The summed E-state index contributed by atoms with van der Waals surface area (Å²) in [6.45, 7) is 0.524. The van der Waals surface area contributed by atoms with E-state index in [1.165, 1.54) is 17.4 Å². The van der Waals surface area contributed by atoms with Crippen molar-refractivity contribution in [1.82, 2.24) is 5.32 Å². The second-order valence-corrected chi connectivity index (χ2v) is 9.33. The first kappa shape index (κ1) is 20.9. The highest BCUT2D eigenvalue weighted by Crippen LogP contribution is 2.42. The SMILES string of the molecule is CN1c2ccccc2C(NCCCCC(=O)O)c2cc(Cl)c(Cl)cc2S1(=O)=O. The highest BCUT2D eigenvalue weighted by Gasteiger charge is 2.35. The van der Waals surface area contributed by atoms with Crippen molar-refractivity contribution in [1.29, 1.82) is 0 Å². The number of carboxylic acids is 1. The molecule has 0 radical (unpaired) electrons. The zero-order valence-corrected chi connectivity index (χ0v) is 17.5. The third kappa shape index (κ3) is 3.98. The molecule has 0 saturated carbocycles. The van der Waals surface area contributed by atoms with Crippen LogP contribution in [0.2, 0.25) is 10.0 Å². The largest absolute Gasteiger partial charge is 0.481 e. The number of nitrogens with one attached hydrogen (secondary N) is 1. The van der Waals surface area contributed by atoms with E-state index in [-0.39, 0.29) is 21.4 Å². The van der Waals surface area contributed by atoms with Crippen LogP contribution >= 0.6 is 23.2 Å². The third-order valence-corrected chi connectivity index (χ3v) is 7.30. The molecule has 0 amide bonds. The van der Waals surface area contributed by atoms with Gasteiger partial charge in [-0.3, -0.25) is 9.10 Å². The maximum atomic E-state index is 13.2. The topological polar surface area (TPSA) is 86.7 Å².